The third-order valence-corrected chi connectivity index (χ3v) is 5.82. The topological polar surface area (TPSA) is 17.1 Å². The Morgan fingerprint density at radius 3 is 2.40 bits per heavy atom. The van der Waals surface area contributed by atoms with Crippen molar-refractivity contribution in [3.63, 3.8) is 0 Å². The molecule has 0 saturated heterocycles. The quantitative estimate of drug-likeness (QED) is 0.487. The van der Waals surface area contributed by atoms with Gasteiger partial charge in [0.05, 0.1) is 0 Å². The number of benzene rings is 2. The van der Waals surface area contributed by atoms with E-state index in [1.165, 1.54) is 68.1 Å². The third kappa shape index (κ3) is 3.76. The Hall–Kier alpha value is -2.15. The van der Waals surface area contributed by atoms with E-state index in [0.717, 1.165) is 11.1 Å². The maximum Gasteiger partial charge on any atom is 0.185 e. The van der Waals surface area contributed by atoms with Crippen LogP contribution in [0.3, 0.4) is 0 Å². The zero-order valence-electron chi connectivity index (χ0n) is 14.8. The molecule has 0 radical (unpaired) electrons. The molecule has 1 saturated carbocycles. The van der Waals surface area contributed by atoms with Crippen LogP contribution in [0, 0.1) is 0 Å². The van der Waals surface area contributed by atoms with E-state index in [1.54, 1.807) is 6.08 Å². The molecule has 0 spiro atoms. The highest BCUT2D eigenvalue weighted by molar-refractivity contribution is 6.06. The molecule has 0 atom stereocenters. The summed E-state index contributed by atoms with van der Waals surface area (Å²) < 4.78 is 0. The van der Waals surface area contributed by atoms with Gasteiger partial charge in [0, 0.05) is 5.56 Å². The number of hydrogen-bond acceptors (Lipinski definition) is 1. The first-order valence-corrected chi connectivity index (χ1v) is 9.74. The maximum absolute atomic E-state index is 12.5. The minimum Gasteiger partial charge on any atom is -0.289 e. The first kappa shape index (κ1) is 16.3. The van der Waals surface area contributed by atoms with Crippen LogP contribution >= 0.6 is 0 Å². The van der Waals surface area contributed by atoms with Crippen LogP contribution in [0.5, 0.6) is 0 Å². The number of ketones is 1. The lowest BCUT2D eigenvalue weighted by atomic mass is 9.84. The van der Waals surface area contributed by atoms with Gasteiger partial charge >= 0.3 is 0 Å². The smallest absolute Gasteiger partial charge is 0.185 e. The predicted octanol–water partition coefficient (Wildman–Crippen LogP) is 6.12. The van der Waals surface area contributed by atoms with Crippen LogP contribution in [0.1, 0.15) is 77.1 Å². The average molecular weight is 330 g/mol. The number of carbonyl (C=O) groups is 1. The van der Waals surface area contributed by atoms with Crippen LogP contribution in [0.4, 0.5) is 0 Å². The molecule has 2 aromatic carbocycles. The lowest BCUT2D eigenvalue weighted by Crippen LogP contribution is -2.05. The second-order valence-electron chi connectivity index (χ2n) is 7.54. The number of hydrogen-bond donors (Lipinski definition) is 0. The highest BCUT2D eigenvalue weighted by Gasteiger charge is 2.15. The van der Waals surface area contributed by atoms with Gasteiger partial charge in [-0.1, -0.05) is 67.8 Å². The molecular weight excluding hydrogens is 304 g/mol. The summed E-state index contributed by atoms with van der Waals surface area (Å²) in [5.74, 6) is 0.788. The van der Waals surface area contributed by atoms with Gasteiger partial charge in [0.1, 0.15) is 0 Å². The summed E-state index contributed by atoms with van der Waals surface area (Å²) in [6, 6.07) is 14.9. The van der Waals surface area contributed by atoms with Gasteiger partial charge in [0.2, 0.25) is 0 Å². The fourth-order valence-electron chi connectivity index (χ4n) is 4.32. The van der Waals surface area contributed by atoms with E-state index in [4.69, 9.17) is 0 Å². The molecule has 1 heteroatoms. The monoisotopic (exact) mass is 330 g/mol. The predicted molar refractivity (Wildman–Crippen MR) is 104 cm³/mol. The molecule has 1 nitrogen and oxygen atoms in total. The summed E-state index contributed by atoms with van der Waals surface area (Å²) in [6.07, 6.45) is 14.0. The second kappa shape index (κ2) is 7.39. The van der Waals surface area contributed by atoms with Gasteiger partial charge in [-0.15, -0.1) is 0 Å². The van der Waals surface area contributed by atoms with Gasteiger partial charge < -0.3 is 0 Å². The lowest BCUT2D eigenvalue weighted by molar-refractivity contribution is 0.104. The van der Waals surface area contributed by atoms with Gasteiger partial charge in [-0.05, 0) is 66.4 Å². The fourth-order valence-corrected chi connectivity index (χ4v) is 4.32. The molecule has 2 aliphatic carbocycles. The first-order valence-electron chi connectivity index (χ1n) is 9.74. The largest absolute Gasteiger partial charge is 0.289 e. The molecule has 0 bridgehead atoms. The second-order valence-corrected chi connectivity index (χ2v) is 7.54. The number of allylic oxidation sites excluding steroid dienone is 1. The van der Waals surface area contributed by atoms with Crippen molar-refractivity contribution in [1.29, 1.82) is 0 Å². The van der Waals surface area contributed by atoms with Crippen LogP contribution in [-0.2, 0) is 12.8 Å². The van der Waals surface area contributed by atoms with Crippen LogP contribution < -0.4 is 0 Å². The van der Waals surface area contributed by atoms with Crippen LogP contribution in [0.2, 0.25) is 0 Å². The minimum absolute atomic E-state index is 0.0932. The first-order chi connectivity index (χ1) is 12.3. The van der Waals surface area contributed by atoms with Gasteiger partial charge in [-0.3, -0.25) is 4.79 Å². The number of carbonyl (C=O) groups excluding carboxylic acids is 1. The lowest BCUT2D eigenvalue weighted by Gasteiger charge is -2.21. The summed E-state index contributed by atoms with van der Waals surface area (Å²) in [6.45, 7) is 0. The Bertz CT molecular complexity index is 776. The minimum atomic E-state index is 0.0932. The Labute approximate surface area is 150 Å². The van der Waals surface area contributed by atoms with E-state index in [0.29, 0.717) is 5.92 Å². The molecular formula is C24H26O. The summed E-state index contributed by atoms with van der Waals surface area (Å²) in [4.78, 5) is 12.5. The SMILES string of the molecule is O=C(C=Cc1ccc2c(c1)CCC2)c1ccc(C2CCCCC2)cc1. The summed E-state index contributed by atoms with van der Waals surface area (Å²) >= 11 is 0. The third-order valence-electron chi connectivity index (χ3n) is 5.82. The molecule has 0 unspecified atom stereocenters. The van der Waals surface area contributed by atoms with Crippen molar-refractivity contribution in [1.82, 2.24) is 0 Å². The van der Waals surface area contributed by atoms with Crippen LogP contribution in [-0.4, -0.2) is 5.78 Å². The molecule has 4 rings (SSSR count). The molecule has 0 N–H and O–H groups in total. The molecule has 0 heterocycles. The van der Waals surface area contributed by atoms with Crippen molar-refractivity contribution < 1.29 is 4.79 Å². The van der Waals surface area contributed by atoms with Crippen LogP contribution in [0.25, 0.3) is 6.08 Å². The number of fused-ring (bicyclic) bond motifs is 1. The standard InChI is InChI=1S/C24H26O/c25-24(16-10-18-9-11-20-7-4-8-23(20)17-18)22-14-12-21(13-15-22)19-5-2-1-3-6-19/h9-17,19H,1-8H2. The molecule has 0 aromatic heterocycles. The normalized spacial score (nSPS) is 17.8. The fraction of sp³-hybridized carbons (Fsp3) is 0.375. The van der Waals surface area contributed by atoms with E-state index < -0.39 is 0 Å². The van der Waals surface area contributed by atoms with E-state index >= 15 is 0 Å². The Morgan fingerprint density at radius 2 is 1.60 bits per heavy atom. The molecule has 1 fully saturated rings. The Balaban J connectivity index is 1.43. The average Bonchev–Trinajstić information content (AvgIpc) is 3.15. The van der Waals surface area contributed by atoms with Crippen molar-refractivity contribution in [3.8, 4) is 0 Å². The van der Waals surface area contributed by atoms with Crippen molar-refractivity contribution in [2.75, 3.05) is 0 Å². The molecule has 2 aliphatic rings. The maximum atomic E-state index is 12.5. The summed E-state index contributed by atoms with van der Waals surface area (Å²) in [7, 11) is 0. The van der Waals surface area contributed by atoms with Crippen molar-refractivity contribution in [3.05, 3.63) is 76.4 Å². The summed E-state index contributed by atoms with van der Waals surface area (Å²) in [5.41, 5.74) is 6.25. The Kier molecular flexibility index (Phi) is 4.83. The van der Waals surface area contributed by atoms with Gasteiger partial charge in [-0.2, -0.15) is 0 Å². The van der Waals surface area contributed by atoms with Crippen molar-refractivity contribution in [2.24, 2.45) is 0 Å². The zero-order chi connectivity index (χ0) is 17.1. The van der Waals surface area contributed by atoms with Crippen molar-refractivity contribution >= 4 is 11.9 Å². The highest BCUT2D eigenvalue weighted by atomic mass is 16.1. The van der Waals surface area contributed by atoms with E-state index in [2.05, 4.69) is 30.3 Å². The van der Waals surface area contributed by atoms with Crippen molar-refractivity contribution in [2.45, 2.75) is 57.3 Å². The molecule has 128 valence electrons. The van der Waals surface area contributed by atoms with E-state index in [9.17, 15) is 4.79 Å². The van der Waals surface area contributed by atoms with Gasteiger partial charge in [-0.25, -0.2) is 0 Å². The van der Waals surface area contributed by atoms with E-state index in [1.807, 2.05) is 18.2 Å². The molecule has 0 aliphatic heterocycles. The summed E-state index contributed by atoms with van der Waals surface area (Å²) in [5, 5.41) is 0. The van der Waals surface area contributed by atoms with E-state index in [-0.39, 0.29) is 5.78 Å². The number of aryl methyl sites for hydroxylation is 2. The van der Waals surface area contributed by atoms with Gasteiger partial charge in [0.25, 0.3) is 0 Å². The van der Waals surface area contributed by atoms with Crippen LogP contribution in [0.15, 0.2) is 48.5 Å². The zero-order valence-corrected chi connectivity index (χ0v) is 14.8. The van der Waals surface area contributed by atoms with Gasteiger partial charge in [0.15, 0.2) is 5.78 Å². The molecule has 0 amide bonds. The molecule has 2 aromatic rings. The Morgan fingerprint density at radius 1 is 0.840 bits per heavy atom. The molecule has 25 heavy (non-hydrogen) atoms. The highest BCUT2D eigenvalue weighted by Crippen LogP contribution is 2.32. The number of rotatable bonds is 4.